The number of alkyl carbamates (subject to hydrolysis) is 4. The number of rotatable bonds is 36. The number of nitrogens with two attached hydrogens (primary N) is 2. The van der Waals surface area contributed by atoms with Gasteiger partial charge in [-0.3, -0.25) is 19.2 Å². The van der Waals surface area contributed by atoms with Gasteiger partial charge in [0.05, 0.1) is 13.2 Å². The lowest BCUT2D eigenvalue weighted by Gasteiger charge is -2.25. The van der Waals surface area contributed by atoms with E-state index in [0.717, 1.165) is 0 Å². The van der Waals surface area contributed by atoms with Crippen LogP contribution in [0.1, 0.15) is 199 Å². The summed E-state index contributed by atoms with van der Waals surface area (Å²) in [5.74, 6) is -5.13. The third kappa shape index (κ3) is 37.4. The normalized spacial score (nSPS) is 13.9. The van der Waals surface area contributed by atoms with E-state index in [1.807, 2.05) is 0 Å². The van der Waals surface area contributed by atoms with Crippen molar-refractivity contribution in [1.82, 2.24) is 26.6 Å². The summed E-state index contributed by atoms with van der Waals surface area (Å²) >= 11 is 0. The first-order valence-electron chi connectivity index (χ1n) is 27.1. The van der Waals surface area contributed by atoms with Crippen LogP contribution in [0, 0.1) is 17.8 Å². The largest absolute Gasteiger partial charge is 0.467 e. The van der Waals surface area contributed by atoms with Gasteiger partial charge in [-0.25, -0.2) is 24.0 Å². The van der Waals surface area contributed by atoms with E-state index in [1.54, 1.807) is 83.1 Å². The minimum absolute atomic E-state index is 0.190. The van der Waals surface area contributed by atoms with E-state index in [1.165, 1.54) is 7.11 Å². The van der Waals surface area contributed by atoms with Crippen LogP contribution < -0.4 is 38.1 Å². The molecule has 0 aromatic heterocycles. The number of Topliss-reactive ketones (excluding diaryl/α,β-unsaturated/α-hetero) is 3. The van der Waals surface area contributed by atoms with Crippen LogP contribution in [0.5, 0.6) is 0 Å². The predicted molar refractivity (Wildman–Crippen MR) is 287 cm³/mol. The molecule has 0 saturated heterocycles. The van der Waals surface area contributed by atoms with E-state index in [-0.39, 0.29) is 82.6 Å². The molecule has 0 radical (unpaired) electrons. The first kappa shape index (κ1) is 70.0. The molecule has 75 heavy (non-hydrogen) atoms. The fourth-order valence-corrected chi connectivity index (χ4v) is 7.77. The highest BCUT2D eigenvalue weighted by Crippen LogP contribution is 2.27. The number of hydrogen-bond acceptors (Lipinski definition) is 16. The van der Waals surface area contributed by atoms with E-state index in [2.05, 4.69) is 26.6 Å². The maximum atomic E-state index is 14.7. The highest BCUT2D eigenvalue weighted by atomic mass is 16.6. The number of ketones is 3. The molecular weight excluding hydrogens is 971 g/mol. The summed E-state index contributed by atoms with van der Waals surface area (Å²) in [4.78, 5) is 121. The Morgan fingerprint density at radius 1 is 0.387 bits per heavy atom. The number of carbonyl (C=O) groups is 9. The van der Waals surface area contributed by atoms with Crippen molar-refractivity contribution in [3.63, 3.8) is 0 Å². The van der Waals surface area contributed by atoms with Gasteiger partial charge in [-0.1, -0.05) is 19.3 Å². The number of carbonyl (C=O) groups excluding carboxylic acids is 9. The lowest BCUT2D eigenvalue weighted by Crippen LogP contribution is -2.45. The molecule has 0 fully saturated rings. The van der Waals surface area contributed by atoms with Gasteiger partial charge in [-0.2, -0.15) is 0 Å². The van der Waals surface area contributed by atoms with Crippen molar-refractivity contribution in [3.05, 3.63) is 0 Å². The quantitative estimate of drug-likeness (QED) is 0.0180. The van der Waals surface area contributed by atoms with E-state index in [4.69, 9.17) is 35.2 Å². The summed E-state index contributed by atoms with van der Waals surface area (Å²) in [5.41, 5.74) is 8.48. The van der Waals surface area contributed by atoms with Crippen LogP contribution in [0.2, 0.25) is 0 Å². The zero-order valence-corrected chi connectivity index (χ0v) is 48.0. The van der Waals surface area contributed by atoms with Gasteiger partial charge in [0.2, 0.25) is 5.91 Å². The summed E-state index contributed by atoms with van der Waals surface area (Å²) in [7, 11) is 1.22. The van der Waals surface area contributed by atoms with Crippen LogP contribution in [0.25, 0.3) is 0 Å². The zero-order valence-electron chi connectivity index (χ0n) is 48.0. The van der Waals surface area contributed by atoms with E-state index < -0.39 is 94.3 Å². The van der Waals surface area contributed by atoms with Crippen molar-refractivity contribution >= 4 is 53.6 Å². The number of methoxy groups -OCH3 is 1. The minimum atomic E-state index is -1.00. The van der Waals surface area contributed by atoms with Crippen molar-refractivity contribution in [2.75, 3.05) is 39.8 Å². The molecule has 21 nitrogen and oxygen atoms in total. The molecule has 0 aromatic carbocycles. The predicted octanol–water partition coefficient (Wildman–Crippen LogP) is 7.61. The van der Waals surface area contributed by atoms with Crippen molar-refractivity contribution in [2.24, 2.45) is 29.2 Å². The van der Waals surface area contributed by atoms with Crippen LogP contribution in [0.4, 0.5) is 19.2 Å². The Hall–Kier alpha value is -5.05. The lowest BCUT2D eigenvalue weighted by molar-refractivity contribution is -0.146. The third-order valence-electron chi connectivity index (χ3n) is 11.3. The maximum Gasteiger partial charge on any atom is 0.408 e. The Balaban J connectivity index is 7.02. The van der Waals surface area contributed by atoms with E-state index in [9.17, 15) is 43.2 Å². The number of ether oxygens (including phenoxy) is 5. The molecule has 0 aliphatic heterocycles. The number of unbranched alkanes of at least 4 members (excludes halogenated alkanes) is 5. The Morgan fingerprint density at radius 3 is 1.07 bits per heavy atom. The molecule has 0 aliphatic rings. The van der Waals surface area contributed by atoms with E-state index in [0.29, 0.717) is 77.3 Å². The topological polar surface area (TPSA) is 312 Å². The number of amides is 5. The van der Waals surface area contributed by atoms with E-state index >= 15 is 0 Å². The summed E-state index contributed by atoms with van der Waals surface area (Å²) in [6.45, 7) is 22.2. The molecule has 3 unspecified atom stereocenters. The number of esters is 1. The highest BCUT2D eigenvalue weighted by Gasteiger charge is 2.34. The molecule has 0 spiro atoms. The monoisotopic (exact) mass is 1070 g/mol. The van der Waals surface area contributed by atoms with Crippen LogP contribution in [0.15, 0.2) is 0 Å². The Labute approximate surface area is 448 Å². The average Bonchev–Trinajstić information content (AvgIpc) is 3.26. The van der Waals surface area contributed by atoms with Crippen LogP contribution in [-0.4, -0.2) is 128 Å². The summed E-state index contributed by atoms with van der Waals surface area (Å²) in [5, 5.41) is 13.6. The Kier molecular flexibility index (Phi) is 33.6. The molecule has 5 amide bonds. The van der Waals surface area contributed by atoms with Gasteiger partial charge in [0.15, 0.2) is 5.78 Å². The molecule has 9 N–H and O–H groups in total. The maximum absolute atomic E-state index is 14.7. The Morgan fingerprint density at radius 2 is 0.707 bits per heavy atom. The van der Waals surface area contributed by atoms with Crippen molar-refractivity contribution in [2.45, 2.75) is 233 Å². The zero-order chi connectivity index (χ0) is 57.4. The first-order valence-corrected chi connectivity index (χ1v) is 27.1. The molecule has 0 aliphatic carbocycles. The molecule has 21 heteroatoms. The second-order valence-corrected chi connectivity index (χ2v) is 23.2. The molecule has 434 valence electrons. The fourth-order valence-electron chi connectivity index (χ4n) is 7.77. The second-order valence-electron chi connectivity index (χ2n) is 23.2. The van der Waals surface area contributed by atoms with Gasteiger partial charge in [-0.15, -0.1) is 0 Å². The molecule has 0 saturated carbocycles. The highest BCUT2D eigenvalue weighted by molar-refractivity contribution is 5.95. The molecule has 0 heterocycles. The second kappa shape index (κ2) is 36.1. The average molecular weight is 1070 g/mol. The summed E-state index contributed by atoms with van der Waals surface area (Å²) in [6.07, 6.45) is 2.38. The minimum Gasteiger partial charge on any atom is -0.467 e. The Bertz CT molecular complexity index is 1770. The van der Waals surface area contributed by atoms with Crippen molar-refractivity contribution in [1.29, 1.82) is 0 Å². The van der Waals surface area contributed by atoms with Gasteiger partial charge < -0.3 is 61.7 Å². The van der Waals surface area contributed by atoms with Gasteiger partial charge in [-0.05, 0) is 173 Å². The molecule has 0 aromatic rings. The third-order valence-corrected chi connectivity index (χ3v) is 11.3. The molecular formula is C54H99N7O14. The summed E-state index contributed by atoms with van der Waals surface area (Å²) < 4.78 is 26.5. The first-order chi connectivity index (χ1) is 34.8. The summed E-state index contributed by atoms with van der Waals surface area (Å²) in [6, 6.07) is -2.00. The number of nitrogens with one attached hydrogen (secondary N) is 5. The van der Waals surface area contributed by atoms with Gasteiger partial charge in [0, 0.05) is 56.7 Å². The SMILES string of the molecule is COC(=O)[C@H](CCCCN)NC(=O)C(CCCCNC(=O)OC(C)(C)C)CC(=O)C(CCCCNC(=O)OC(C)(C)C)CC(=O)C(CCCCNC(=O)OC(C)(C)C)CC(=O)[C@H](CCCCN)NC(=O)OC(C)(C)C. The van der Waals surface area contributed by atoms with Gasteiger partial charge >= 0.3 is 30.3 Å². The van der Waals surface area contributed by atoms with Crippen LogP contribution in [0.3, 0.4) is 0 Å². The molecule has 0 rings (SSSR count). The molecule has 5 atom stereocenters. The van der Waals surface area contributed by atoms with Crippen molar-refractivity contribution in [3.8, 4) is 0 Å². The van der Waals surface area contributed by atoms with Crippen LogP contribution >= 0.6 is 0 Å². The van der Waals surface area contributed by atoms with Gasteiger partial charge in [0.1, 0.15) is 40.0 Å². The van der Waals surface area contributed by atoms with Gasteiger partial charge in [0.25, 0.3) is 0 Å². The standard InChI is InChI=1S/C54H99N7O14/c1-51(2,3)72-47(67)57-31-21-16-24-37(43(63)36-39(26-18-23-33-59-49(69)74-53(7,8)9)45(65)60-41(46(66)71-13)28-15-20-30-56)34-42(62)38(25-17-22-32-58-48(68)73-52(4,5)6)35-44(64)40(27-14-19-29-55)61-50(70)75-54(10,11)12/h37-41H,14-36,55-56H2,1-13H3,(H,57,67)(H,58,68)(H,59,69)(H,60,65)(H,61,70)/t37?,38?,39?,40-,41-/m0/s1. The van der Waals surface area contributed by atoms with Crippen molar-refractivity contribution < 1.29 is 66.8 Å². The fraction of sp³-hybridized carbons (Fsp3) is 0.833. The number of hydrogen-bond donors (Lipinski definition) is 7. The molecule has 0 bridgehead atoms. The van der Waals surface area contributed by atoms with Crippen LogP contribution in [-0.2, 0) is 47.7 Å². The smallest absolute Gasteiger partial charge is 0.408 e. The lowest BCUT2D eigenvalue weighted by atomic mass is 9.80.